The van der Waals surface area contributed by atoms with E-state index in [0.29, 0.717) is 19.4 Å². The van der Waals surface area contributed by atoms with Gasteiger partial charge >= 0.3 is 6.09 Å². The largest absolute Gasteiger partial charge is 0.453 e. The minimum Gasteiger partial charge on any atom is -0.453 e. The second-order valence-corrected chi connectivity index (χ2v) is 8.89. The van der Waals surface area contributed by atoms with E-state index in [-0.39, 0.29) is 11.9 Å². The first-order valence-corrected chi connectivity index (χ1v) is 12.1. The molecular formula is C27H37N3O3. The normalized spacial score (nSPS) is 15.9. The predicted molar refractivity (Wildman–Crippen MR) is 131 cm³/mol. The SMILES string of the molecule is COC(=O)N(CCCc1ccccc1)C(C(=O)NC1CCCCC1)C(N)Cc1ccccc1. The summed E-state index contributed by atoms with van der Waals surface area (Å²) in [7, 11) is 1.35. The van der Waals surface area contributed by atoms with Crippen molar-refractivity contribution in [3.05, 3.63) is 71.8 Å². The number of nitrogens with two attached hydrogens (primary N) is 1. The lowest BCUT2D eigenvalue weighted by molar-refractivity contribution is -0.127. The molecule has 0 aromatic heterocycles. The number of aryl methyl sites for hydroxylation is 1. The zero-order valence-electron chi connectivity index (χ0n) is 19.6. The van der Waals surface area contributed by atoms with Crippen LogP contribution in [0.15, 0.2) is 60.7 Å². The summed E-state index contributed by atoms with van der Waals surface area (Å²) in [4.78, 5) is 27.8. The molecule has 2 aromatic rings. The van der Waals surface area contributed by atoms with Crippen LogP contribution in [0, 0.1) is 0 Å². The smallest absolute Gasteiger partial charge is 0.410 e. The van der Waals surface area contributed by atoms with Gasteiger partial charge in [0.15, 0.2) is 0 Å². The minimum absolute atomic E-state index is 0.140. The molecule has 0 bridgehead atoms. The van der Waals surface area contributed by atoms with E-state index in [1.54, 1.807) is 0 Å². The number of nitrogens with one attached hydrogen (secondary N) is 1. The standard InChI is InChI=1S/C27H37N3O3/c1-33-27(32)30(19-11-16-21-12-5-2-6-13-21)25(24(28)20-22-14-7-3-8-15-22)26(31)29-23-17-9-4-10-18-23/h2-3,5-8,12-15,23-25H,4,9-11,16-20,28H2,1H3,(H,29,31). The van der Waals surface area contributed by atoms with Crippen molar-refractivity contribution in [3.8, 4) is 0 Å². The molecule has 178 valence electrons. The maximum absolute atomic E-state index is 13.5. The number of carbonyl (C=O) groups is 2. The van der Waals surface area contributed by atoms with Crippen molar-refractivity contribution >= 4 is 12.0 Å². The van der Waals surface area contributed by atoms with E-state index in [0.717, 1.165) is 37.7 Å². The maximum atomic E-state index is 13.5. The Balaban J connectivity index is 1.76. The highest BCUT2D eigenvalue weighted by Crippen LogP contribution is 2.19. The summed E-state index contributed by atoms with van der Waals surface area (Å²) >= 11 is 0. The summed E-state index contributed by atoms with van der Waals surface area (Å²) in [5, 5.41) is 3.18. The van der Waals surface area contributed by atoms with E-state index in [1.165, 1.54) is 24.0 Å². The van der Waals surface area contributed by atoms with Gasteiger partial charge in [0.1, 0.15) is 6.04 Å². The summed E-state index contributed by atoms with van der Waals surface area (Å²) in [5.41, 5.74) is 8.85. The number of amides is 2. The van der Waals surface area contributed by atoms with E-state index in [2.05, 4.69) is 17.4 Å². The molecule has 0 aliphatic heterocycles. The lowest BCUT2D eigenvalue weighted by Gasteiger charge is -2.35. The van der Waals surface area contributed by atoms with Crippen LogP contribution < -0.4 is 11.1 Å². The average Bonchev–Trinajstić information content (AvgIpc) is 2.84. The Kier molecular flexibility index (Phi) is 9.76. The summed E-state index contributed by atoms with van der Waals surface area (Å²) in [6.45, 7) is 0.396. The van der Waals surface area contributed by atoms with Crippen molar-refractivity contribution in [2.24, 2.45) is 5.73 Å². The van der Waals surface area contributed by atoms with Gasteiger partial charge in [-0.2, -0.15) is 0 Å². The van der Waals surface area contributed by atoms with E-state index < -0.39 is 18.2 Å². The average molecular weight is 452 g/mol. The van der Waals surface area contributed by atoms with Gasteiger partial charge in [0.05, 0.1) is 7.11 Å². The third-order valence-electron chi connectivity index (χ3n) is 6.39. The quantitative estimate of drug-likeness (QED) is 0.570. The lowest BCUT2D eigenvalue weighted by atomic mass is 9.93. The third-order valence-corrected chi connectivity index (χ3v) is 6.39. The maximum Gasteiger partial charge on any atom is 0.410 e. The van der Waals surface area contributed by atoms with Gasteiger partial charge < -0.3 is 15.8 Å². The molecule has 2 atom stereocenters. The van der Waals surface area contributed by atoms with Crippen LogP contribution in [0.4, 0.5) is 4.79 Å². The van der Waals surface area contributed by atoms with Gasteiger partial charge in [0.2, 0.25) is 5.91 Å². The number of hydrogen-bond donors (Lipinski definition) is 2. The summed E-state index contributed by atoms with van der Waals surface area (Å²) in [6, 6.07) is 18.8. The number of nitrogens with zero attached hydrogens (tertiary/aromatic N) is 1. The molecule has 6 heteroatoms. The van der Waals surface area contributed by atoms with Crippen molar-refractivity contribution in [1.82, 2.24) is 10.2 Å². The van der Waals surface area contributed by atoms with Crippen molar-refractivity contribution < 1.29 is 14.3 Å². The van der Waals surface area contributed by atoms with Crippen LogP contribution in [-0.4, -0.2) is 48.7 Å². The molecule has 2 aromatic carbocycles. The Labute approximate surface area is 197 Å². The van der Waals surface area contributed by atoms with Crippen LogP contribution >= 0.6 is 0 Å². The lowest BCUT2D eigenvalue weighted by Crippen LogP contribution is -2.60. The van der Waals surface area contributed by atoms with Crippen LogP contribution in [0.1, 0.15) is 49.7 Å². The van der Waals surface area contributed by atoms with E-state index in [1.807, 2.05) is 48.5 Å². The second kappa shape index (κ2) is 13.0. The van der Waals surface area contributed by atoms with Crippen LogP contribution in [0.5, 0.6) is 0 Å². The Morgan fingerprint density at radius 3 is 2.21 bits per heavy atom. The molecule has 1 aliphatic carbocycles. The highest BCUT2D eigenvalue weighted by molar-refractivity contribution is 5.86. The van der Waals surface area contributed by atoms with Crippen molar-refractivity contribution in [3.63, 3.8) is 0 Å². The Hall–Kier alpha value is -2.86. The van der Waals surface area contributed by atoms with Crippen LogP contribution in [0.25, 0.3) is 0 Å². The molecule has 6 nitrogen and oxygen atoms in total. The molecule has 3 rings (SSSR count). The van der Waals surface area contributed by atoms with Gasteiger partial charge in [-0.3, -0.25) is 9.69 Å². The van der Waals surface area contributed by atoms with Crippen LogP contribution in [-0.2, 0) is 22.4 Å². The zero-order valence-corrected chi connectivity index (χ0v) is 19.6. The fraction of sp³-hybridized carbons (Fsp3) is 0.481. The van der Waals surface area contributed by atoms with Crippen LogP contribution in [0.3, 0.4) is 0 Å². The monoisotopic (exact) mass is 451 g/mol. The summed E-state index contributed by atoms with van der Waals surface area (Å²) in [6.07, 6.45) is 6.87. The number of benzene rings is 2. The highest BCUT2D eigenvalue weighted by atomic mass is 16.5. The zero-order chi connectivity index (χ0) is 23.5. The third kappa shape index (κ3) is 7.60. The van der Waals surface area contributed by atoms with Gasteiger partial charge in [-0.15, -0.1) is 0 Å². The Morgan fingerprint density at radius 1 is 1.00 bits per heavy atom. The first-order valence-electron chi connectivity index (χ1n) is 12.1. The molecule has 2 amide bonds. The number of carbonyl (C=O) groups excluding carboxylic acids is 2. The van der Waals surface area contributed by atoms with Gasteiger partial charge in [0, 0.05) is 18.6 Å². The second-order valence-electron chi connectivity index (χ2n) is 8.89. The number of ether oxygens (including phenoxy) is 1. The van der Waals surface area contributed by atoms with Gasteiger partial charge in [-0.25, -0.2) is 4.79 Å². The van der Waals surface area contributed by atoms with E-state index in [4.69, 9.17) is 10.5 Å². The first-order chi connectivity index (χ1) is 16.1. The molecule has 0 saturated heterocycles. The molecule has 1 aliphatic rings. The minimum atomic E-state index is -0.796. The molecule has 0 heterocycles. The molecule has 3 N–H and O–H groups in total. The molecular weight excluding hydrogens is 414 g/mol. The molecule has 1 fully saturated rings. The highest BCUT2D eigenvalue weighted by Gasteiger charge is 2.36. The Morgan fingerprint density at radius 2 is 1.61 bits per heavy atom. The number of methoxy groups -OCH3 is 1. The first kappa shape index (κ1) is 24.8. The fourth-order valence-electron chi connectivity index (χ4n) is 4.66. The molecule has 1 saturated carbocycles. The van der Waals surface area contributed by atoms with E-state index >= 15 is 0 Å². The molecule has 2 unspecified atom stereocenters. The number of rotatable bonds is 10. The van der Waals surface area contributed by atoms with Gasteiger partial charge in [0.25, 0.3) is 0 Å². The summed E-state index contributed by atoms with van der Waals surface area (Å²) < 4.78 is 5.09. The van der Waals surface area contributed by atoms with Gasteiger partial charge in [-0.1, -0.05) is 79.9 Å². The van der Waals surface area contributed by atoms with Crippen molar-refractivity contribution in [1.29, 1.82) is 0 Å². The number of hydrogen-bond acceptors (Lipinski definition) is 4. The van der Waals surface area contributed by atoms with E-state index in [9.17, 15) is 9.59 Å². The topological polar surface area (TPSA) is 84.7 Å². The predicted octanol–water partition coefficient (Wildman–Crippen LogP) is 4.08. The molecule has 33 heavy (non-hydrogen) atoms. The summed E-state index contributed by atoms with van der Waals surface area (Å²) in [5.74, 6) is -0.185. The molecule has 0 radical (unpaired) electrons. The van der Waals surface area contributed by atoms with Crippen LogP contribution in [0.2, 0.25) is 0 Å². The molecule has 0 spiro atoms. The van der Waals surface area contributed by atoms with Crippen molar-refractivity contribution in [2.75, 3.05) is 13.7 Å². The van der Waals surface area contributed by atoms with Crippen molar-refractivity contribution in [2.45, 2.75) is 69.5 Å². The fourth-order valence-corrected chi connectivity index (χ4v) is 4.66. The van der Waals surface area contributed by atoms with Gasteiger partial charge in [-0.05, 0) is 43.2 Å². The Bertz CT molecular complexity index is 853.